The fraction of sp³-hybridized carbons (Fsp3) is 0.571. The van der Waals surface area contributed by atoms with Crippen molar-refractivity contribution in [2.24, 2.45) is 0 Å². The normalized spacial score (nSPS) is 17.7. The van der Waals surface area contributed by atoms with E-state index in [1.165, 1.54) is 24.0 Å². The molecular weight excluding hydrogens is 182 g/mol. The van der Waals surface area contributed by atoms with Gasteiger partial charge in [-0.1, -0.05) is 31.2 Å². The first-order valence-electron chi connectivity index (χ1n) is 6.12. The average molecular weight is 203 g/mol. The second-order valence-electron chi connectivity index (χ2n) is 4.68. The van der Waals surface area contributed by atoms with E-state index in [2.05, 4.69) is 43.4 Å². The van der Waals surface area contributed by atoms with Crippen molar-refractivity contribution >= 4 is 0 Å². The molecule has 15 heavy (non-hydrogen) atoms. The molecule has 0 saturated heterocycles. The van der Waals surface area contributed by atoms with Crippen molar-refractivity contribution in [2.75, 3.05) is 6.54 Å². The number of hydrogen-bond donors (Lipinski definition) is 1. The largest absolute Gasteiger partial charge is 0.314 e. The van der Waals surface area contributed by atoms with Gasteiger partial charge in [0.05, 0.1) is 0 Å². The van der Waals surface area contributed by atoms with Crippen LogP contribution in [0.1, 0.15) is 43.7 Å². The van der Waals surface area contributed by atoms with E-state index in [0.717, 1.165) is 18.9 Å². The van der Waals surface area contributed by atoms with Gasteiger partial charge in [0.2, 0.25) is 0 Å². The van der Waals surface area contributed by atoms with E-state index in [1.54, 1.807) is 0 Å². The predicted molar refractivity (Wildman–Crippen MR) is 65.3 cm³/mol. The first kappa shape index (κ1) is 10.7. The second-order valence-corrected chi connectivity index (χ2v) is 4.68. The molecule has 1 atom stereocenters. The number of rotatable bonds is 5. The number of hydrogen-bond acceptors (Lipinski definition) is 1. The Morgan fingerprint density at radius 2 is 1.93 bits per heavy atom. The van der Waals surface area contributed by atoms with Gasteiger partial charge in [0, 0.05) is 6.04 Å². The van der Waals surface area contributed by atoms with Crippen molar-refractivity contribution in [2.45, 2.75) is 45.1 Å². The van der Waals surface area contributed by atoms with E-state index in [-0.39, 0.29) is 0 Å². The molecule has 0 radical (unpaired) electrons. The smallest absolute Gasteiger partial charge is 0.00790 e. The molecule has 1 aliphatic rings. The number of benzene rings is 1. The molecule has 1 aromatic rings. The maximum atomic E-state index is 3.44. The van der Waals surface area contributed by atoms with Crippen LogP contribution < -0.4 is 5.32 Å². The molecule has 0 aromatic heterocycles. The summed E-state index contributed by atoms with van der Waals surface area (Å²) in [6.07, 6.45) is 3.93. The summed E-state index contributed by atoms with van der Waals surface area (Å²) in [4.78, 5) is 0. The molecule has 0 heterocycles. The van der Waals surface area contributed by atoms with Crippen LogP contribution in [0.2, 0.25) is 0 Å². The Hall–Kier alpha value is -0.820. The van der Waals surface area contributed by atoms with E-state index in [1.807, 2.05) is 0 Å². The summed E-state index contributed by atoms with van der Waals surface area (Å²) < 4.78 is 0. The molecule has 0 spiro atoms. The molecule has 1 aromatic carbocycles. The summed E-state index contributed by atoms with van der Waals surface area (Å²) in [5, 5.41) is 3.44. The zero-order valence-corrected chi connectivity index (χ0v) is 9.79. The highest BCUT2D eigenvalue weighted by Crippen LogP contribution is 2.39. The highest BCUT2D eigenvalue weighted by Gasteiger charge is 2.22. The monoisotopic (exact) mass is 203 g/mol. The van der Waals surface area contributed by atoms with Crippen LogP contribution in [0.3, 0.4) is 0 Å². The van der Waals surface area contributed by atoms with Crippen LogP contribution in [0.5, 0.6) is 0 Å². The van der Waals surface area contributed by atoms with Crippen LogP contribution in [0.25, 0.3) is 0 Å². The molecule has 1 N–H and O–H groups in total. The Bertz CT molecular complexity index is 298. The lowest BCUT2D eigenvalue weighted by Gasteiger charge is -2.12. The van der Waals surface area contributed by atoms with Gasteiger partial charge in [-0.25, -0.2) is 0 Å². The van der Waals surface area contributed by atoms with Gasteiger partial charge in [-0.05, 0) is 49.8 Å². The first-order chi connectivity index (χ1) is 7.29. The Balaban J connectivity index is 1.91. The summed E-state index contributed by atoms with van der Waals surface area (Å²) >= 11 is 0. The highest BCUT2D eigenvalue weighted by atomic mass is 14.9. The van der Waals surface area contributed by atoms with Gasteiger partial charge in [-0.2, -0.15) is 0 Å². The maximum Gasteiger partial charge on any atom is 0.00790 e. The fourth-order valence-corrected chi connectivity index (χ4v) is 2.12. The van der Waals surface area contributed by atoms with E-state index in [4.69, 9.17) is 0 Å². The Morgan fingerprint density at radius 3 is 2.47 bits per heavy atom. The quantitative estimate of drug-likeness (QED) is 0.775. The van der Waals surface area contributed by atoms with Crippen LogP contribution in [0.15, 0.2) is 24.3 Å². The fourth-order valence-electron chi connectivity index (χ4n) is 2.12. The van der Waals surface area contributed by atoms with Crippen molar-refractivity contribution in [1.29, 1.82) is 0 Å². The molecule has 0 amide bonds. The van der Waals surface area contributed by atoms with Crippen molar-refractivity contribution in [3.8, 4) is 0 Å². The van der Waals surface area contributed by atoms with Crippen LogP contribution in [0.4, 0.5) is 0 Å². The van der Waals surface area contributed by atoms with Gasteiger partial charge < -0.3 is 5.32 Å². The Labute approximate surface area is 92.9 Å². The molecule has 1 heteroatoms. The number of likely N-dealkylation sites (N-methyl/N-ethyl adjacent to an activating group) is 1. The molecule has 1 fully saturated rings. The van der Waals surface area contributed by atoms with Crippen LogP contribution in [-0.2, 0) is 6.42 Å². The van der Waals surface area contributed by atoms with Gasteiger partial charge in [0.1, 0.15) is 0 Å². The van der Waals surface area contributed by atoms with Gasteiger partial charge >= 0.3 is 0 Å². The van der Waals surface area contributed by atoms with E-state index in [9.17, 15) is 0 Å². The summed E-state index contributed by atoms with van der Waals surface area (Å²) in [7, 11) is 0. The van der Waals surface area contributed by atoms with Gasteiger partial charge in [0.15, 0.2) is 0 Å². The predicted octanol–water partition coefficient (Wildman–Crippen LogP) is 3.10. The van der Waals surface area contributed by atoms with E-state index in [0.29, 0.717) is 6.04 Å². The van der Waals surface area contributed by atoms with E-state index < -0.39 is 0 Å². The molecule has 82 valence electrons. The van der Waals surface area contributed by atoms with Crippen LogP contribution in [-0.4, -0.2) is 12.6 Å². The molecule has 0 aliphatic heterocycles. The Morgan fingerprint density at radius 1 is 1.27 bits per heavy atom. The topological polar surface area (TPSA) is 12.0 Å². The second kappa shape index (κ2) is 4.80. The molecular formula is C14H21N. The van der Waals surface area contributed by atoms with Gasteiger partial charge in [0.25, 0.3) is 0 Å². The number of nitrogens with one attached hydrogen (secondary N) is 1. The van der Waals surface area contributed by atoms with Gasteiger partial charge in [-0.3, -0.25) is 0 Å². The van der Waals surface area contributed by atoms with Crippen molar-refractivity contribution in [1.82, 2.24) is 5.32 Å². The summed E-state index contributed by atoms with van der Waals surface area (Å²) in [6.45, 7) is 5.46. The standard InChI is InChI=1S/C14H21N/c1-3-15-11(2)10-12-4-6-13(7-5-12)14-8-9-14/h4-7,11,14-15H,3,8-10H2,1-2H3. The highest BCUT2D eigenvalue weighted by molar-refractivity contribution is 5.28. The maximum absolute atomic E-state index is 3.44. The lowest BCUT2D eigenvalue weighted by molar-refractivity contribution is 0.565. The zero-order valence-electron chi connectivity index (χ0n) is 9.79. The van der Waals surface area contributed by atoms with Crippen molar-refractivity contribution < 1.29 is 0 Å². The SMILES string of the molecule is CCNC(C)Cc1ccc(C2CC2)cc1. The van der Waals surface area contributed by atoms with E-state index >= 15 is 0 Å². The lowest BCUT2D eigenvalue weighted by Crippen LogP contribution is -2.27. The zero-order chi connectivity index (χ0) is 10.7. The third kappa shape index (κ3) is 3.07. The summed E-state index contributed by atoms with van der Waals surface area (Å²) in [5.41, 5.74) is 2.99. The van der Waals surface area contributed by atoms with Crippen LogP contribution >= 0.6 is 0 Å². The molecule has 1 saturated carbocycles. The minimum absolute atomic E-state index is 0.585. The molecule has 1 nitrogen and oxygen atoms in total. The van der Waals surface area contributed by atoms with Crippen molar-refractivity contribution in [3.05, 3.63) is 35.4 Å². The summed E-state index contributed by atoms with van der Waals surface area (Å²) in [5.74, 6) is 0.880. The minimum atomic E-state index is 0.585. The average Bonchev–Trinajstić information content (AvgIpc) is 3.03. The lowest BCUT2D eigenvalue weighted by atomic mass is 10.0. The van der Waals surface area contributed by atoms with Gasteiger partial charge in [-0.15, -0.1) is 0 Å². The van der Waals surface area contributed by atoms with Crippen molar-refractivity contribution in [3.63, 3.8) is 0 Å². The molecule has 0 bridgehead atoms. The molecule has 1 aliphatic carbocycles. The Kier molecular flexibility index (Phi) is 3.42. The minimum Gasteiger partial charge on any atom is -0.314 e. The third-order valence-electron chi connectivity index (χ3n) is 3.12. The molecule has 2 rings (SSSR count). The van der Waals surface area contributed by atoms with Crippen LogP contribution in [0, 0.1) is 0 Å². The summed E-state index contributed by atoms with van der Waals surface area (Å²) in [6, 6.07) is 9.79. The molecule has 1 unspecified atom stereocenters. The first-order valence-corrected chi connectivity index (χ1v) is 6.12. The third-order valence-corrected chi connectivity index (χ3v) is 3.12.